The van der Waals surface area contributed by atoms with E-state index in [1.54, 1.807) is 0 Å². The van der Waals surface area contributed by atoms with Crippen LogP contribution in [-0.2, 0) is 0 Å². The molecule has 0 bridgehead atoms. The van der Waals surface area contributed by atoms with Gasteiger partial charge in [-0.15, -0.1) is 0 Å². The lowest BCUT2D eigenvalue weighted by Gasteiger charge is -2.17. The maximum Gasteiger partial charge on any atom is -0.00194 e. The molecule has 0 aliphatic rings. The maximum atomic E-state index is 3.45. The summed E-state index contributed by atoms with van der Waals surface area (Å²) in [5, 5.41) is 3.45. The van der Waals surface area contributed by atoms with E-state index >= 15 is 0 Å². The normalized spacial score (nSPS) is 11.6. The SMILES string of the molecule is CCCNCCCCCN(C)CCC(C)C. The standard InChI is InChI=1S/C14H32N2/c1-5-10-15-11-7-6-8-12-16(4)13-9-14(2)3/h14-15H,5-13H2,1-4H3. The second kappa shape index (κ2) is 11.4. The lowest BCUT2D eigenvalue weighted by Crippen LogP contribution is -2.22. The van der Waals surface area contributed by atoms with Crippen LogP contribution in [0, 0.1) is 5.92 Å². The first-order valence-corrected chi connectivity index (χ1v) is 7.06. The second-order valence-corrected chi connectivity index (χ2v) is 5.30. The van der Waals surface area contributed by atoms with Gasteiger partial charge in [0.1, 0.15) is 0 Å². The third-order valence-corrected chi connectivity index (χ3v) is 2.91. The summed E-state index contributed by atoms with van der Waals surface area (Å²) in [6, 6.07) is 0. The predicted molar refractivity (Wildman–Crippen MR) is 74.0 cm³/mol. The first kappa shape index (κ1) is 15.9. The van der Waals surface area contributed by atoms with Crippen molar-refractivity contribution in [3.8, 4) is 0 Å². The molecule has 2 nitrogen and oxygen atoms in total. The zero-order valence-electron chi connectivity index (χ0n) is 11.9. The topological polar surface area (TPSA) is 15.3 Å². The van der Waals surface area contributed by atoms with Gasteiger partial charge in [-0.3, -0.25) is 0 Å². The van der Waals surface area contributed by atoms with Crippen molar-refractivity contribution in [3.05, 3.63) is 0 Å². The van der Waals surface area contributed by atoms with Crippen LogP contribution in [0.4, 0.5) is 0 Å². The van der Waals surface area contributed by atoms with E-state index in [9.17, 15) is 0 Å². The molecule has 0 saturated heterocycles. The quantitative estimate of drug-likeness (QED) is 0.547. The molecule has 0 aromatic carbocycles. The van der Waals surface area contributed by atoms with Gasteiger partial charge in [-0.05, 0) is 64.8 Å². The number of unbranched alkanes of at least 4 members (excludes halogenated alkanes) is 2. The van der Waals surface area contributed by atoms with Gasteiger partial charge in [0.2, 0.25) is 0 Å². The molecule has 0 unspecified atom stereocenters. The van der Waals surface area contributed by atoms with Crippen LogP contribution in [0.25, 0.3) is 0 Å². The highest BCUT2D eigenvalue weighted by molar-refractivity contribution is 4.55. The van der Waals surface area contributed by atoms with E-state index in [0.29, 0.717) is 0 Å². The van der Waals surface area contributed by atoms with E-state index in [-0.39, 0.29) is 0 Å². The van der Waals surface area contributed by atoms with Crippen LogP contribution in [0.5, 0.6) is 0 Å². The molecule has 0 atom stereocenters. The first-order valence-electron chi connectivity index (χ1n) is 7.06. The third-order valence-electron chi connectivity index (χ3n) is 2.91. The number of rotatable bonds is 11. The summed E-state index contributed by atoms with van der Waals surface area (Å²) >= 11 is 0. The van der Waals surface area contributed by atoms with E-state index in [4.69, 9.17) is 0 Å². The zero-order valence-corrected chi connectivity index (χ0v) is 11.9. The van der Waals surface area contributed by atoms with E-state index in [1.807, 2.05) is 0 Å². The van der Waals surface area contributed by atoms with Crippen molar-refractivity contribution >= 4 is 0 Å². The van der Waals surface area contributed by atoms with Gasteiger partial charge in [-0.1, -0.05) is 27.2 Å². The highest BCUT2D eigenvalue weighted by atomic mass is 15.1. The molecule has 2 heteroatoms. The smallest absolute Gasteiger partial charge is 0.00194 e. The van der Waals surface area contributed by atoms with E-state index in [0.717, 1.165) is 5.92 Å². The Kier molecular flexibility index (Phi) is 11.3. The Balaban J connectivity index is 3.12. The minimum atomic E-state index is 0.834. The number of nitrogens with zero attached hydrogens (tertiary/aromatic N) is 1. The Morgan fingerprint density at radius 2 is 1.75 bits per heavy atom. The van der Waals surface area contributed by atoms with Crippen LogP contribution in [0.15, 0.2) is 0 Å². The van der Waals surface area contributed by atoms with Gasteiger partial charge in [-0.2, -0.15) is 0 Å². The van der Waals surface area contributed by atoms with Gasteiger partial charge in [0.25, 0.3) is 0 Å². The van der Waals surface area contributed by atoms with E-state index < -0.39 is 0 Å². The largest absolute Gasteiger partial charge is 0.317 e. The van der Waals surface area contributed by atoms with Crippen molar-refractivity contribution < 1.29 is 0 Å². The fourth-order valence-corrected chi connectivity index (χ4v) is 1.70. The number of hydrogen-bond donors (Lipinski definition) is 1. The van der Waals surface area contributed by atoms with Gasteiger partial charge in [-0.25, -0.2) is 0 Å². The molecule has 1 N–H and O–H groups in total. The van der Waals surface area contributed by atoms with Crippen molar-refractivity contribution in [1.29, 1.82) is 0 Å². The van der Waals surface area contributed by atoms with E-state index in [1.165, 1.54) is 58.3 Å². The summed E-state index contributed by atoms with van der Waals surface area (Å²) in [7, 11) is 2.25. The summed E-state index contributed by atoms with van der Waals surface area (Å²) in [4.78, 5) is 2.47. The van der Waals surface area contributed by atoms with Crippen molar-refractivity contribution in [2.24, 2.45) is 5.92 Å². The molecule has 0 saturated carbocycles. The van der Waals surface area contributed by atoms with Crippen molar-refractivity contribution in [1.82, 2.24) is 10.2 Å². The Morgan fingerprint density at radius 3 is 2.38 bits per heavy atom. The van der Waals surface area contributed by atoms with Gasteiger partial charge in [0.15, 0.2) is 0 Å². The summed E-state index contributed by atoms with van der Waals surface area (Å²) in [6.07, 6.45) is 6.62. The van der Waals surface area contributed by atoms with Crippen LogP contribution in [0.2, 0.25) is 0 Å². The minimum Gasteiger partial charge on any atom is -0.317 e. The fourth-order valence-electron chi connectivity index (χ4n) is 1.70. The lowest BCUT2D eigenvalue weighted by atomic mass is 10.1. The average molecular weight is 228 g/mol. The molecule has 0 radical (unpaired) electrons. The highest BCUT2D eigenvalue weighted by Crippen LogP contribution is 2.02. The molecule has 0 aromatic heterocycles. The lowest BCUT2D eigenvalue weighted by molar-refractivity contribution is 0.303. The molecule has 98 valence electrons. The van der Waals surface area contributed by atoms with Crippen LogP contribution < -0.4 is 5.32 Å². The van der Waals surface area contributed by atoms with Crippen molar-refractivity contribution in [2.75, 3.05) is 33.2 Å². The molecule has 0 heterocycles. The summed E-state index contributed by atoms with van der Waals surface area (Å²) in [5.41, 5.74) is 0. The Morgan fingerprint density at radius 1 is 1.00 bits per heavy atom. The van der Waals surface area contributed by atoms with Gasteiger partial charge < -0.3 is 10.2 Å². The second-order valence-electron chi connectivity index (χ2n) is 5.30. The molecular weight excluding hydrogens is 196 g/mol. The van der Waals surface area contributed by atoms with Crippen LogP contribution in [0.1, 0.15) is 52.9 Å². The average Bonchev–Trinajstić information content (AvgIpc) is 2.25. The van der Waals surface area contributed by atoms with Gasteiger partial charge in [0.05, 0.1) is 0 Å². The van der Waals surface area contributed by atoms with Crippen molar-refractivity contribution in [3.63, 3.8) is 0 Å². The summed E-state index contributed by atoms with van der Waals surface area (Å²) < 4.78 is 0. The first-order chi connectivity index (χ1) is 7.66. The van der Waals surface area contributed by atoms with Crippen LogP contribution in [-0.4, -0.2) is 38.1 Å². The molecule has 0 aliphatic heterocycles. The van der Waals surface area contributed by atoms with Gasteiger partial charge >= 0.3 is 0 Å². The predicted octanol–water partition coefficient (Wildman–Crippen LogP) is 3.13. The van der Waals surface area contributed by atoms with Gasteiger partial charge in [0, 0.05) is 0 Å². The molecule has 0 aromatic rings. The molecule has 0 spiro atoms. The molecule has 0 aliphatic carbocycles. The zero-order chi connectivity index (χ0) is 12.2. The van der Waals surface area contributed by atoms with Crippen molar-refractivity contribution in [2.45, 2.75) is 52.9 Å². The Bertz CT molecular complexity index is 135. The number of hydrogen-bond acceptors (Lipinski definition) is 2. The molecular formula is C14H32N2. The Hall–Kier alpha value is -0.0800. The maximum absolute atomic E-state index is 3.45. The molecule has 0 amide bonds. The van der Waals surface area contributed by atoms with Crippen LogP contribution >= 0.6 is 0 Å². The van der Waals surface area contributed by atoms with E-state index in [2.05, 4.69) is 38.0 Å². The molecule has 16 heavy (non-hydrogen) atoms. The molecule has 0 fully saturated rings. The molecule has 0 rings (SSSR count). The summed E-state index contributed by atoms with van der Waals surface area (Å²) in [6.45, 7) is 11.7. The minimum absolute atomic E-state index is 0.834. The fraction of sp³-hybridized carbons (Fsp3) is 1.00. The monoisotopic (exact) mass is 228 g/mol. The third kappa shape index (κ3) is 12.0. The summed E-state index contributed by atoms with van der Waals surface area (Å²) in [5.74, 6) is 0.834. The Labute approximate surface area is 103 Å². The number of nitrogens with one attached hydrogen (secondary N) is 1. The van der Waals surface area contributed by atoms with Crippen LogP contribution in [0.3, 0.4) is 0 Å². The highest BCUT2D eigenvalue weighted by Gasteiger charge is 2.00.